The Morgan fingerprint density at radius 2 is 0.781 bits per heavy atom. The largest absolute Gasteiger partial charge is 0.493 e. The number of rotatable bonds is 15. The molecule has 1 saturated heterocycles. The van der Waals surface area contributed by atoms with Crippen LogP contribution in [0.4, 0.5) is 39.5 Å². The second-order valence-corrected chi connectivity index (χ2v) is 29.5. The van der Waals surface area contributed by atoms with Crippen molar-refractivity contribution < 1.29 is 106 Å². The smallest absolute Gasteiger partial charge is 0.486 e. The van der Waals surface area contributed by atoms with Crippen LogP contribution >= 0.6 is 0 Å². The number of benzene rings is 6. The average Bonchev–Trinajstić information content (AvgIpc) is 1.39. The van der Waals surface area contributed by atoms with Gasteiger partial charge in [-0.25, -0.2) is 14.4 Å². The van der Waals surface area contributed by atoms with E-state index in [0.717, 1.165) is 93.4 Å². The van der Waals surface area contributed by atoms with Crippen LogP contribution in [0.2, 0.25) is 0 Å². The van der Waals surface area contributed by atoms with Crippen LogP contribution < -0.4 is 14.2 Å². The Morgan fingerprint density at radius 1 is 0.476 bits per heavy atom. The third-order valence-corrected chi connectivity index (χ3v) is 17.7. The number of fused-ring (bicyclic) bond motifs is 3. The first-order valence-corrected chi connectivity index (χ1v) is 34.3. The Balaban J connectivity index is 0.000000205. The molecule has 1 fully saturated rings. The summed E-state index contributed by atoms with van der Waals surface area (Å²) < 4.78 is 182. The Labute approximate surface area is 609 Å². The molecule has 24 heteroatoms. The van der Waals surface area contributed by atoms with Gasteiger partial charge in [0, 0.05) is 16.7 Å². The third kappa shape index (κ3) is 20.8. The zero-order chi connectivity index (χ0) is 78.3. The summed E-state index contributed by atoms with van der Waals surface area (Å²) in [5.74, 6) is 0.522. The van der Waals surface area contributed by atoms with Gasteiger partial charge in [-0.15, -0.1) is 6.58 Å². The van der Waals surface area contributed by atoms with Crippen molar-refractivity contribution in [2.75, 3.05) is 34.0 Å². The van der Waals surface area contributed by atoms with Crippen molar-refractivity contribution in [2.24, 2.45) is 0 Å². The maximum Gasteiger partial charge on any atom is 0.486 e. The molecule has 0 spiro atoms. The number of aryl methyl sites for hydroxylation is 4. The molecule has 4 aliphatic rings. The Bertz CT molecular complexity index is 4140. The molecule has 0 radical (unpaired) electrons. The highest BCUT2D eigenvalue weighted by molar-refractivity contribution is 6.51. The summed E-state index contributed by atoms with van der Waals surface area (Å²) in [6.45, 7) is 37.6. The van der Waals surface area contributed by atoms with Gasteiger partial charge in [-0.05, 0) is 257 Å². The number of carbonyl (C=O) groups is 3. The zero-order valence-corrected chi connectivity index (χ0v) is 62.3. The number of carboxylic acids is 1. The van der Waals surface area contributed by atoms with E-state index in [0.29, 0.717) is 70.3 Å². The molecule has 3 unspecified atom stereocenters. The highest BCUT2D eigenvalue weighted by Crippen LogP contribution is 2.50. The van der Waals surface area contributed by atoms with E-state index >= 15 is 0 Å². The molecule has 0 bridgehead atoms. The van der Waals surface area contributed by atoms with Gasteiger partial charge in [0.2, 0.25) is 0 Å². The lowest BCUT2D eigenvalue weighted by atomic mass is 9.86. The predicted molar refractivity (Wildman–Crippen MR) is 386 cm³/mol. The molecule has 3 atom stereocenters. The molecule has 1 N–H and O–H groups in total. The first-order chi connectivity index (χ1) is 48.7. The van der Waals surface area contributed by atoms with Crippen LogP contribution in [0.5, 0.6) is 17.2 Å². The van der Waals surface area contributed by atoms with Crippen molar-refractivity contribution in [3.05, 3.63) is 183 Å². The lowest BCUT2D eigenvalue weighted by Crippen LogP contribution is -2.41. The lowest BCUT2D eigenvalue weighted by Gasteiger charge is -2.32. The van der Waals surface area contributed by atoms with Crippen molar-refractivity contribution in [2.45, 2.75) is 200 Å². The molecule has 4 aliphatic heterocycles. The van der Waals surface area contributed by atoms with Crippen molar-refractivity contribution in [3.63, 3.8) is 0 Å². The van der Waals surface area contributed by atoms with E-state index in [1.807, 2.05) is 39.8 Å². The lowest BCUT2D eigenvalue weighted by molar-refractivity contribution is -0.167. The molecule has 14 nitrogen and oxygen atoms in total. The van der Waals surface area contributed by atoms with E-state index in [-0.39, 0.29) is 40.6 Å². The molecular weight excluding hydrogens is 1380 g/mol. The van der Waals surface area contributed by atoms with Crippen LogP contribution in [-0.2, 0) is 85.2 Å². The van der Waals surface area contributed by atoms with Crippen LogP contribution in [0.15, 0.2) is 117 Å². The highest BCUT2D eigenvalue weighted by Gasteiger charge is 2.50. The standard InChI is InChI=1S/C25H27F3O4.C24H27F3O4.C24H25F3O4.C8H15BO2/c1-6-15-9-11-18(25(26,27)28)21(22(23(29)30-5)32-24(2,3)4)20(15)17-10-12-19-16(14-17)8-7-13-31-19;1-14-8-10-17(24(25,26)27)20(21(22(28)29-5)31-23(2,3)4)19(14)16-9-11-18-15(13-16)7-6-12-30-18;1-5-14-8-10-17(24(25,26)27)20(21(22(28)29)31-23(2,3)4)19(14)16-9-11-18-15(13-16)7-6-12-30-18;1-6-9-10-7(2,3)8(4,5)11-9/h6,9-12,14,22H,1,7-8,13H2,2-5H3;8-11,13,21H,6-7,12H2,1-5H3;5,8-11,13,21H,1,6-7,12H2,2-4H3,(H,28,29);6H,1H2,2-5H3. The monoisotopic (exact) mass is 1470 g/mol. The maximum absolute atomic E-state index is 14.2. The van der Waals surface area contributed by atoms with Gasteiger partial charge >= 0.3 is 43.6 Å². The fourth-order valence-electron chi connectivity index (χ4n) is 12.4. The van der Waals surface area contributed by atoms with Crippen LogP contribution in [0, 0.1) is 6.92 Å². The fourth-order valence-corrected chi connectivity index (χ4v) is 12.4. The number of carbonyl (C=O) groups excluding carboxylic acids is 2. The number of carboxylic acid groups (broad SMARTS) is 1. The van der Waals surface area contributed by atoms with Gasteiger partial charge in [0.05, 0.1) is 78.7 Å². The van der Waals surface area contributed by atoms with Gasteiger partial charge in [0.15, 0.2) is 18.3 Å². The second kappa shape index (κ2) is 33.2. The topological polar surface area (TPSA) is 164 Å². The number of esters is 2. The molecule has 0 aliphatic carbocycles. The Hall–Kier alpha value is -8.42. The van der Waals surface area contributed by atoms with Gasteiger partial charge in [-0.2, -0.15) is 39.5 Å². The van der Waals surface area contributed by atoms with Crippen LogP contribution in [0.25, 0.3) is 45.5 Å². The maximum atomic E-state index is 14.2. The number of hydrogen-bond acceptors (Lipinski definition) is 13. The van der Waals surface area contributed by atoms with Gasteiger partial charge in [-0.1, -0.05) is 67.7 Å². The van der Waals surface area contributed by atoms with Crippen LogP contribution in [-0.4, -0.2) is 92.2 Å². The van der Waals surface area contributed by atoms with Crippen molar-refractivity contribution in [1.82, 2.24) is 0 Å². The van der Waals surface area contributed by atoms with Gasteiger partial charge < -0.3 is 52.3 Å². The number of ether oxygens (including phenoxy) is 8. The van der Waals surface area contributed by atoms with Gasteiger partial charge in [0.25, 0.3) is 0 Å². The normalized spacial score (nSPS) is 16.3. The molecule has 0 amide bonds. The summed E-state index contributed by atoms with van der Waals surface area (Å²) in [4.78, 5) is 37.5. The molecule has 105 heavy (non-hydrogen) atoms. The quantitative estimate of drug-likeness (QED) is 0.0587. The summed E-state index contributed by atoms with van der Waals surface area (Å²) in [7, 11) is 2.02. The average molecular weight is 1470 g/mol. The number of halogens is 9. The van der Waals surface area contributed by atoms with E-state index in [4.69, 9.17) is 47.2 Å². The van der Waals surface area contributed by atoms with Crippen molar-refractivity contribution in [3.8, 4) is 50.6 Å². The first kappa shape index (κ1) is 83.9. The summed E-state index contributed by atoms with van der Waals surface area (Å²) in [6.07, 6.45) is -11.5. The number of methoxy groups -OCH3 is 2. The van der Waals surface area contributed by atoms with E-state index in [1.165, 1.54) is 30.4 Å². The summed E-state index contributed by atoms with van der Waals surface area (Å²) in [5.41, 5.74) is -0.674. The van der Waals surface area contributed by atoms with E-state index in [1.54, 1.807) is 118 Å². The minimum Gasteiger partial charge on any atom is -0.493 e. The summed E-state index contributed by atoms with van der Waals surface area (Å²) in [6, 6.07) is 22.6. The minimum atomic E-state index is -4.77. The zero-order valence-electron chi connectivity index (χ0n) is 62.3. The molecule has 10 rings (SSSR count). The minimum absolute atomic E-state index is 0.148. The first-order valence-electron chi connectivity index (χ1n) is 34.3. The molecule has 6 aromatic carbocycles. The number of aliphatic carboxylic acids is 1. The third-order valence-electron chi connectivity index (χ3n) is 17.7. The fraction of sp³-hybridized carbons (Fsp3) is 0.444. The molecular formula is C81H94BF9O14. The van der Waals surface area contributed by atoms with E-state index in [9.17, 15) is 59.0 Å². The molecule has 568 valence electrons. The number of hydrogen-bond donors (Lipinski definition) is 1. The van der Waals surface area contributed by atoms with Crippen molar-refractivity contribution in [1.29, 1.82) is 0 Å². The summed E-state index contributed by atoms with van der Waals surface area (Å²) in [5, 5.41) is 9.87. The van der Waals surface area contributed by atoms with Crippen LogP contribution in [0.3, 0.4) is 0 Å². The van der Waals surface area contributed by atoms with E-state index < -0.39 is 93.8 Å². The SMILES string of the molecule is C=CB1OC(C)(C)C(C)(C)O1.C=Cc1ccc(C(F)(F)F)c(C(OC(C)(C)C)C(=O)O)c1-c1ccc2c(c1)CCCO2.C=Cc1ccc(C(F)(F)F)c(C(OC(C)(C)C)C(=O)OC)c1-c1ccc2c(c1)CCCO2.COC(=O)C(OC(C)(C)C)c1c(C(F)(F)F)ccc(C)c1-c1ccc2c(c1)CCCO2. The van der Waals surface area contributed by atoms with Gasteiger partial charge in [-0.3, -0.25) is 0 Å². The molecule has 6 aromatic rings. The molecule has 0 saturated carbocycles. The Morgan fingerprint density at radius 3 is 1.07 bits per heavy atom. The Kier molecular flexibility index (Phi) is 26.5. The highest BCUT2D eigenvalue weighted by atomic mass is 19.4. The summed E-state index contributed by atoms with van der Waals surface area (Å²) >= 11 is 0. The van der Waals surface area contributed by atoms with Crippen molar-refractivity contribution >= 4 is 37.2 Å². The second-order valence-electron chi connectivity index (χ2n) is 29.5. The van der Waals surface area contributed by atoms with Gasteiger partial charge in [0.1, 0.15) is 17.2 Å². The molecule has 4 heterocycles. The predicted octanol–water partition coefficient (Wildman–Crippen LogP) is 20.5. The number of alkyl halides is 9. The van der Waals surface area contributed by atoms with E-state index in [2.05, 4.69) is 19.7 Å². The molecule has 0 aromatic heterocycles. The van der Waals surface area contributed by atoms with Crippen LogP contribution in [0.1, 0.15) is 194 Å².